The third-order valence-corrected chi connectivity index (χ3v) is 4.25. The first-order valence-electron chi connectivity index (χ1n) is 8.66. The third kappa shape index (κ3) is 8.26. The third-order valence-electron chi connectivity index (χ3n) is 4.25. The van der Waals surface area contributed by atoms with E-state index in [2.05, 4.69) is 17.6 Å². The minimum Gasteiger partial charge on any atom is -0.493 e. The van der Waals surface area contributed by atoms with Gasteiger partial charge in [0.1, 0.15) is 0 Å². The maximum Gasteiger partial charge on any atom is 0.422 e. The number of carbonyl (C=O) groups is 1. The average molecular weight is 411 g/mol. The van der Waals surface area contributed by atoms with Crippen LogP contribution in [-0.4, -0.2) is 44.4 Å². The van der Waals surface area contributed by atoms with Crippen molar-refractivity contribution in [3.63, 3.8) is 0 Å². The Labute approximate surface area is 163 Å². The minimum atomic E-state index is -4.41. The van der Waals surface area contributed by atoms with E-state index in [0.29, 0.717) is 18.9 Å². The Morgan fingerprint density at radius 3 is 2.70 bits per heavy atom. The molecular weight excluding hydrogens is 385 g/mol. The number of halogens is 4. The van der Waals surface area contributed by atoms with Crippen molar-refractivity contribution in [2.24, 2.45) is 0 Å². The van der Waals surface area contributed by atoms with Gasteiger partial charge >= 0.3 is 6.18 Å². The zero-order valence-corrected chi connectivity index (χ0v) is 16.2. The first kappa shape index (κ1) is 23.4. The van der Waals surface area contributed by atoms with E-state index < -0.39 is 12.8 Å². The van der Waals surface area contributed by atoms with Gasteiger partial charge in [-0.25, -0.2) is 0 Å². The largest absolute Gasteiger partial charge is 0.493 e. The quantitative estimate of drug-likeness (QED) is 0.724. The first-order valence-corrected chi connectivity index (χ1v) is 8.66. The fourth-order valence-electron chi connectivity index (χ4n) is 2.97. The normalized spacial score (nSPS) is 19.7. The van der Waals surface area contributed by atoms with Gasteiger partial charge in [-0.3, -0.25) is 4.79 Å². The molecule has 9 heteroatoms. The lowest BCUT2D eigenvalue weighted by molar-refractivity contribution is -0.153. The first-order chi connectivity index (χ1) is 12.3. The molecule has 1 heterocycles. The van der Waals surface area contributed by atoms with Crippen molar-refractivity contribution in [3.8, 4) is 11.5 Å². The summed E-state index contributed by atoms with van der Waals surface area (Å²) >= 11 is 0. The van der Waals surface area contributed by atoms with E-state index >= 15 is 0 Å². The van der Waals surface area contributed by atoms with Gasteiger partial charge in [0.25, 0.3) is 0 Å². The highest BCUT2D eigenvalue weighted by atomic mass is 35.5. The number of aryl methyl sites for hydroxylation is 1. The van der Waals surface area contributed by atoms with Gasteiger partial charge in [0, 0.05) is 18.5 Å². The van der Waals surface area contributed by atoms with E-state index in [4.69, 9.17) is 9.47 Å². The van der Waals surface area contributed by atoms with Crippen LogP contribution in [0.1, 0.15) is 31.7 Å². The minimum absolute atomic E-state index is 0. The molecule has 2 N–H and O–H groups in total. The molecule has 5 nitrogen and oxygen atoms in total. The van der Waals surface area contributed by atoms with E-state index in [-0.39, 0.29) is 35.9 Å². The molecule has 0 aromatic heterocycles. The Hall–Kier alpha value is -1.67. The Morgan fingerprint density at radius 1 is 1.33 bits per heavy atom. The maximum atomic E-state index is 12.3. The van der Waals surface area contributed by atoms with E-state index in [9.17, 15) is 18.0 Å². The summed E-state index contributed by atoms with van der Waals surface area (Å²) in [7, 11) is 1.37. The van der Waals surface area contributed by atoms with E-state index in [1.807, 2.05) is 0 Å². The summed E-state index contributed by atoms with van der Waals surface area (Å²) in [5.41, 5.74) is 0.801. The van der Waals surface area contributed by atoms with E-state index in [1.165, 1.54) is 13.2 Å². The summed E-state index contributed by atoms with van der Waals surface area (Å²) in [5.74, 6) is 0.224. The number of hydrogen-bond donors (Lipinski definition) is 2. The van der Waals surface area contributed by atoms with Crippen LogP contribution in [0.5, 0.6) is 11.5 Å². The number of carbonyl (C=O) groups excluding carboxylic acids is 1. The second-order valence-electron chi connectivity index (χ2n) is 6.53. The van der Waals surface area contributed by atoms with Crippen molar-refractivity contribution in [3.05, 3.63) is 23.8 Å². The average Bonchev–Trinajstić information content (AvgIpc) is 2.57. The lowest BCUT2D eigenvalue weighted by Gasteiger charge is -2.28. The van der Waals surface area contributed by atoms with Gasteiger partial charge in [0.05, 0.1) is 7.11 Å². The number of rotatable bonds is 7. The van der Waals surface area contributed by atoms with Gasteiger partial charge in [-0.15, -0.1) is 12.4 Å². The van der Waals surface area contributed by atoms with Crippen LogP contribution < -0.4 is 20.1 Å². The second kappa shape index (κ2) is 10.6. The predicted molar refractivity (Wildman–Crippen MR) is 98.7 cm³/mol. The van der Waals surface area contributed by atoms with Crippen LogP contribution in [0.25, 0.3) is 0 Å². The number of benzene rings is 1. The Kier molecular flexibility index (Phi) is 9.18. The summed E-state index contributed by atoms with van der Waals surface area (Å²) in [6.45, 7) is 1.61. The van der Waals surface area contributed by atoms with Crippen LogP contribution in [0, 0.1) is 0 Å². The lowest BCUT2D eigenvalue weighted by Crippen LogP contribution is -2.46. The molecule has 1 fully saturated rings. The molecule has 1 saturated heterocycles. The van der Waals surface area contributed by atoms with Crippen molar-refractivity contribution in [2.45, 2.75) is 50.9 Å². The topological polar surface area (TPSA) is 59.6 Å². The molecule has 0 spiro atoms. The molecule has 27 heavy (non-hydrogen) atoms. The predicted octanol–water partition coefficient (Wildman–Crippen LogP) is 3.25. The van der Waals surface area contributed by atoms with Crippen LogP contribution in [-0.2, 0) is 11.2 Å². The zero-order chi connectivity index (χ0) is 19.2. The van der Waals surface area contributed by atoms with Gasteiger partial charge in [0.15, 0.2) is 18.1 Å². The number of ether oxygens (including phenoxy) is 2. The summed E-state index contributed by atoms with van der Waals surface area (Å²) in [4.78, 5) is 12.1. The van der Waals surface area contributed by atoms with Crippen molar-refractivity contribution < 1.29 is 27.4 Å². The second-order valence-corrected chi connectivity index (χ2v) is 6.53. The number of methoxy groups -OCH3 is 1. The molecular formula is C18H26ClF3N2O3. The SMILES string of the molecule is COc1cc(CCC(=O)NC2CCNC(C)C2)ccc1OCC(F)(F)F.Cl. The Bertz CT molecular complexity index is 614. The molecule has 1 aromatic carbocycles. The summed E-state index contributed by atoms with van der Waals surface area (Å²) in [5, 5.41) is 6.37. The molecule has 2 unspecified atom stereocenters. The number of nitrogens with one attached hydrogen (secondary N) is 2. The number of piperidine rings is 1. The lowest BCUT2D eigenvalue weighted by atomic mass is 10.0. The fourth-order valence-corrected chi connectivity index (χ4v) is 2.97. The van der Waals surface area contributed by atoms with Crippen molar-refractivity contribution in [1.82, 2.24) is 10.6 Å². The molecule has 2 rings (SSSR count). The highest BCUT2D eigenvalue weighted by Gasteiger charge is 2.29. The van der Waals surface area contributed by atoms with Gasteiger partial charge in [-0.05, 0) is 50.4 Å². The summed E-state index contributed by atoms with van der Waals surface area (Å²) < 4.78 is 46.6. The molecule has 0 radical (unpaired) electrons. The highest BCUT2D eigenvalue weighted by molar-refractivity contribution is 5.85. The van der Waals surface area contributed by atoms with Gasteiger partial charge in [-0.1, -0.05) is 6.07 Å². The highest BCUT2D eigenvalue weighted by Crippen LogP contribution is 2.30. The Morgan fingerprint density at radius 2 is 2.07 bits per heavy atom. The van der Waals surface area contributed by atoms with Crippen molar-refractivity contribution >= 4 is 18.3 Å². The van der Waals surface area contributed by atoms with Crippen molar-refractivity contribution in [2.75, 3.05) is 20.3 Å². The van der Waals surface area contributed by atoms with E-state index in [1.54, 1.807) is 12.1 Å². The molecule has 0 saturated carbocycles. The van der Waals surface area contributed by atoms with Crippen LogP contribution in [0.4, 0.5) is 13.2 Å². The molecule has 0 bridgehead atoms. The fraction of sp³-hybridized carbons (Fsp3) is 0.611. The molecule has 1 aromatic rings. The molecule has 0 aliphatic carbocycles. The number of hydrogen-bond acceptors (Lipinski definition) is 4. The molecule has 1 aliphatic rings. The van der Waals surface area contributed by atoms with Crippen LogP contribution >= 0.6 is 12.4 Å². The summed E-state index contributed by atoms with van der Waals surface area (Å²) in [6.07, 6.45) is -1.81. The van der Waals surface area contributed by atoms with Gasteiger partial charge in [-0.2, -0.15) is 13.2 Å². The van der Waals surface area contributed by atoms with Crippen LogP contribution in [0.3, 0.4) is 0 Å². The van der Waals surface area contributed by atoms with Crippen molar-refractivity contribution in [1.29, 1.82) is 0 Å². The molecule has 1 aliphatic heterocycles. The molecule has 1 amide bonds. The number of amides is 1. The number of alkyl halides is 3. The van der Waals surface area contributed by atoms with Gasteiger partial charge < -0.3 is 20.1 Å². The zero-order valence-electron chi connectivity index (χ0n) is 15.4. The smallest absolute Gasteiger partial charge is 0.422 e. The van der Waals surface area contributed by atoms with Crippen LogP contribution in [0.2, 0.25) is 0 Å². The van der Waals surface area contributed by atoms with Gasteiger partial charge in [0.2, 0.25) is 5.91 Å². The molecule has 2 atom stereocenters. The van der Waals surface area contributed by atoms with Crippen LogP contribution in [0.15, 0.2) is 18.2 Å². The van der Waals surface area contributed by atoms with E-state index in [0.717, 1.165) is 24.9 Å². The maximum absolute atomic E-state index is 12.3. The standard InChI is InChI=1S/C18H25F3N2O3.ClH/c1-12-9-14(7-8-22-12)23-17(24)6-4-13-3-5-15(16(10-13)25-2)26-11-18(19,20)21;/h3,5,10,12,14,22H,4,6-9,11H2,1-2H3,(H,23,24);1H. The Balaban J connectivity index is 0.00000364. The monoisotopic (exact) mass is 410 g/mol. The summed E-state index contributed by atoms with van der Waals surface area (Å²) in [6, 6.07) is 5.26. The molecule has 154 valence electrons.